The molecule has 0 spiro atoms. The molecule has 0 saturated heterocycles. The fourth-order valence-corrected chi connectivity index (χ4v) is 3.91. The minimum atomic E-state index is -1.02. The number of para-hydroxylation sites is 1. The van der Waals surface area contributed by atoms with Crippen molar-refractivity contribution in [3.05, 3.63) is 77.7 Å². The van der Waals surface area contributed by atoms with Crippen LogP contribution in [0.25, 0.3) is 11.0 Å². The van der Waals surface area contributed by atoms with Gasteiger partial charge >= 0.3 is 0 Å². The Balaban J connectivity index is 1.75. The number of hydrogen-bond acceptors (Lipinski definition) is 6. The first-order valence-electron chi connectivity index (χ1n) is 11.5. The molecule has 2 aromatic carbocycles. The molecular weight excluding hydrogens is 446 g/mol. The van der Waals surface area contributed by atoms with Gasteiger partial charge in [0.05, 0.1) is 12.1 Å². The number of benzene rings is 2. The summed E-state index contributed by atoms with van der Waals surface area (Å²) in [4.78, 5) is 28.8. The molecule has 2 heterocycles. The highest BCUT2D eigenvalue weighted by molar-refractivity contribution is 6.01. The Bertz CT molecular complexity index is 1290. The molecule has 1 atom stereocenters. The fourth-order valence-electron chi connectivity index (χ4n) is 3.91. The number of fused-ring (bicyclic) bond motifs is 1. The quantitative estimate of drug-likeness (QED) is 0.353. The summed E-state index contributed by atoms with van der Waals surface area (Å²) in [6.07, 6.45) is 0.859. The monoisotopic (exact) mass is 475 g/mol. The van der Waals surface area contributed by atoms with E-state index in [0.29, 0.717) is 35.9 Å². The Hall–Kier alpha value is -3.98. The Morgan fingerprint density at radius 3 is 2.57 bits per heavy atom. The molecule has 9 heteroatoms. The zero-order chi connectivity index (χ0) is 24.8. The van der Waals surface area contributed by atoms with Crippen LogP contribution in [0.4, 0.5) is 5.69 Å². The summed E-state index contributed by atoms with van der Waals surface area (Å²) in [7, 11) is 1.56. The van der Waals surface area contributed by atoms with Crippen LogP contribution in [0.5, 0.6) is 0 Å². The highest BCUT2D eigenvalue weighted by Gasteiger charge is 2.35. The number of hydrogen-bond donors (Lipinski definition) is 1. The van der Waals surface area contributed by atoms with Crippen molar-refractivity contribution in [2.24, 2.45) is 0 Å². The highest BCUT2D eigenvalue weighted by Crippen LogP contribution is 2.30. The van der Waals surface area contributed by atoms with E-state index in [-0.39, 0.29) is 18.4 Å². The lowest BCUT2D eigenvalue weighted by molar-refractivity contribution is -0.127. The van der Waals surface area contributed by atoms with Crippen molar-refractivity contribution in [3.8, 4) is 0 Å². The molecule has 0 saturated carbocycles. The van der Waals surface area contributed by atoms with E-state index in [0.717, 1.165) is 17.5 Å². The highest BCUT2D eigenvalue weighted by atomic mass is 16.5. The van der Waals surface area contributed by atoms with E-state index in [2.05, 4.69) is 22.6 Å². The summed E-state index contributed by atoms with van der Waals surface area (Å²) in [6.45, 7) is 4.41. The molecular formula is C26H29N5O4. The predicted molar refractivity (Wildman–Crippen MR) is 132 cm³/mol. The van der Waals surface area contributed by atoms with Gasteiger partial charge in [-0.3, -0.25) is 14.5 Å². The van der Waals surface area contributed by atoms with Gasteiger partial charge in [0, 0.05) is 19.3 Å². The van der Waals surface area contributed by atoms with Gasteiger partial charge in [-0.2, -0.15) is 0 Å². The molecule has 4 aromatic rings. The number of nitrogens with one attached hydrogen (secondary N) is 1. The second kappa shape index (κ2) is 11.0. The molecule has 35 heavy (non-hydrogen) atoms. The minimum Gasteiger partial charge on any atom is -0.464 e. The van der Waals surface area contributed by atoms with Gasteiger partial charge in [-0.05, 0) is 55.3 Å². The van der Waals surface area contributed by atoms with Gasteiger partial charge in [0.25, 0.3) is 5.91 Å². The lowest BCUT2D eigenvalue weighted by atomic mass is 10.1. The molecule has 0 radical (unpaired) electrons. The van der Waals surface area contributed by atoms with E-state index in [4.69, 9.17) is 9.15 Å². The van der Waals surface area contributed by atoms with Crippen LogP contribution in [-0.4, -0.2) is 47.1 Å². The average Bonchev–Trinajstić information content (AvgIpc) is 3.48. The van der Waals surface area contributed by atoms with Gasteiger partial charge < -0.3 is 14.5 Å². The van der Waals surface area contributed by atoms with Gasteiger partial charge in [0.15, 0.2) is 6.04 Å². The Morgan fingerprint density at radius 2 is 1.89 bits per heavy atom. The maximum Gasteiger partial charge on any atom is 0.251 e. The smallest absolute Gasteiger partial charge is 0.251 e. The lowest BCUT2D eigenvalue weighted by Gasteiger charge is -2.30. The Morgan fingerprint density at radius 1 is 1.11 bits per heavy atom. The molecule has 0 aliphatic rings. The van der Waals surface area contributed by atoms with E-state index >= 15 is 0 Å². The summed E-state index contributed by atoms with van der Waals surface area (Å²) in [5, 5.41) is 11.2. The van der Waals surface area contributed by atoms with E-state index in [9.17, 15) is 9.59 Å². The standard InChI is InChI=1S/C26H29N5O4/c1-4-19-10-12-20(13-11-19)31(24(32)17-30-22-8-6-5-7-21(22)28-29-30)25(23-14-9-18(2)35-23)26(33)27-15-16-34-3/h5-14,25H,4,15-17H2,1-3H3,(H,27,33)/t25-/m0/s1. The van der Waals surface area contributed by atoms with E-state index < -0.39 is 6.04 Å². The number of ether oxygens (including phenoxy) is 1. The van der Waals surface area contributed by atoms with Crippen LogP contribution in [0.1, 0.15) is 30.0 Å². The van der Waals surface area contributed by atoms with Crippen LogP contribution < -0.4 is 10.2 Å². The number of furan rings is 1. The van der Waals surface area contributed by atoms with Gasteiger partial charge in [-0.15, -0.1) is 5.10 Å². The molecule has 0 aliphatic carbocycles. The average molecular weight is 476 g/mol. The third-order valence-corrected chi connectivity index (χ3v) is 5.74. The first-order valence-corrected chi connectivity index (χ1v) is 11.5. The van der Waals surface area contributed by atoms with Gasteiger partial charge in [-0.1, -0.05) is 36.4 Å². The van der Waals surface area contributed by atoms with Crippen molar-refractivity contribution in [2.75, 3.05) is 25.2 Å². The maximum atomic E-state index is 13.9. The Kier molecular flexibility index (Phi) is 7.57. The summed E-state index contributed by atoms with van der Waals surface area (Å²) in [6, 6.07) is 17.5. The van der Waals surface area contributed by atoms with Crippen molar-refractivity contribution < 1.29 is 18.7 Å². The van der Waals surface area contributed by atoms with Crippen LogP contribution in [-0.2, 0) is 27.3 Å². The molecule has 0 unspecified atom stereocenters. The predicted octanol–water partition coefficient (Wildman–Crippen LogP) is 3.43. The fraction of sp³-hybridized carbons (Fsp3) is 0.308. The van der Waals surface area contributed by atoms with Gasteiger partial charge in [-0.25, -0.2) is 4.68 Å². The summed E-state index contributed by atoms with van der Waals surface area (Å²) in [5.74, 6) is 0.318. The number of methoxy groups -OCH3 is 1. The Labute approximate surface area is 203 Å². The molecule has 0 fully saturated rings. The third-order valence-electron chi connectivity index (χ3n) is 5.74. The molecule has 4 rings (SSSR count). The van der Waals surface area contributed by atoms with Crippen LogP contribution in [0.3, 0.4) is 0 Å². The molecule has 9 nitrogen and oxygen atoms in total. The number of anilines is 1. The normalized spacial score (nSPS) is 12.0. The largest absolute Gasteiger partial charge is 0.464 e. The number of aromatic nitrogens is 3. The number of amides is 2. The van der Waals surface area contributed by atoms with E-state index in [1.54, 1.807) is 30.8 Å². The number of rotatable bonds is 10. The van der Waals surface area contributed by atoms with Crippen molar-refractivity contribution >= 4 is 28.5 Å². The molecule has 0 bridgehead atoms. The van der Waals surface area contributed by atoms with Crippen molar-refractivity contribution in [3.63, 3.8) is 0 Å². The van der Waals surface area contributed by atoms with Crippen LogP contribution in [0.15, 0.2) is 65.1 Å². The second-order valence-corrected chi connectivity index (χ2v) is 8.15. The lowest BCUT2D eigenvalue weighted by Crippen LogP contribution is -2.45. The second-order valence-electron chi connectivity index (χ2n) is 8.15. The number of aryl methyl sites for hydroxylation is 2. The van der Waals surface area contributed by atoms with E-state index in [1.165, 1.54) is 4.90 Å². The first-order chi connectivity index (χ1) is 17.0. The number of carbonyl (C=O) groups is 2. The van der Waals surface area contributed by atoms with Crippen molar-refractivity contribution in [2.45, 2.75) is 32.9 Å². The summed E-state index contributed by atoms with van der Waals surface area (Å²) < 4.78 is 12.5. The van der Waals surface area contributed by atoms with Crippen LogP contribution >= 0.6 is 0 Å². The third kappa shape index (κ3) is 5.41. The van der Waals surface area contributed by atoms with E-state index in [1.807, 2.05) is 48.5 Å². The van der Waals surface area contributed by atoms with Gasteiger partial charge in [0.1, 0.15) is 23.6 Å². The zero-order valence-corrected chi connectivity index (χ0v) is 20.1. The molecule has 2 amide bonds. The maximum absolute atomic E-state index is 13.9. The molecule has 1 N–H and O–H groups in total. The molecule has 0 aliphatic heterocycles. The molecule has 2 aromatic heterocycles. The van der Waals surface area contributed by atoms with Crippen LogP contribution in [0, 0.1) is 6.92 Å². The van der Waals surface area contributed by atoms with Gasteiger partial charge in [0.2, 0.25) is 5.91 Å². The van der Waals surface area contributed by atoms with Crippen molar-refractivity contribution in [1.29, 1.82) is 0 Å². The first kappa shape index (κ1) is 24.2. The SMILES string of the molecule is CCc1ccc(N(C(=O)Cn2nnc3ccccc32)[C@H](C(=O)NCCOC)c2ccc(C)o2)cc1. The number of nitrogens with zero attached hydrogens (tertiary/aromatic N) is 4. The minimum absolute atomic E-state index is 0.0996. The summed E-state index contributed by atoms with van der Waals surface area (Å²) in [5.41, 5.74) is 3.13. The summed E-state index contributed by atoms with van der Waals surface area (Å²) >= 11 is 0. The zero-order valence-electron chi connectivity index (χ0n) is 20.1. The van der Waals surface area contributed by atoms with Crippen molar-refractivity contribution in [1.82, 2.24) is 20.3 Å². The van der Waals surface area contributed by atoms with Crippen LogP contribution in [0.2, 0.25) is 0 Å². The topological polar surface area (TPSA) is 102 Å². The molecule has 182 valence electrons. The number of carbonyl (C=O) groups excluding carboxylic acids is 2.